The summed E-state index contributed by atoms with van der Waals surface area (Å²) >= 11 is 5.77. The maximum atomic E-state index is 4.69. The van der Waals surface area contributed by atoms with Crippen LogP contribution in [0.4, 0.5) is 0 Å². The minimum Gasteiger partial charge on any atom is -0.307 e. The van der Waals surface area contributed by atoms with E-state index in [0.29, 0.717) is 6.04 Å². The Labute approximate surface area is 104 Å². The summed E-state index contributed by atoms with van der Waals surface area (Å²) in [6, 6.07) is 0.486. The molecule has 0 aromatic carbocycles. The largest absolute Gasteiger partial charge is 0.307 e. The lowest BCUT2D eigenvalue weighted by Crippen LogP contribution is -2.30. The second-order valence-corrected chi connectivity index (χ2v) is 6.75. The molecule has 0 amide bonds. The molecule has 15 heavy (non-hydrogen) atoms. The molecule has 0 spiro atoms. The number of aromatic nitrogens is 1. The molecule has 1 aliphatic rings. The first-order valence-corrected chi connectivity index (χ1v) is 8.42. The van der Waals surface area contributed by atoms with Crippen molar-refractivity contribution in [1.29, 1.82) is 0 Å². The Balaban J connectivity index is 1.93. The molecule has 2 heterocycles. The fourth-order valence-corrected chi connectivity index (χ4v) is 4.05. The second-order valence-electron chi connectivity index (χ2n) is 3.38. The second kappa shape index (κ2) is 6.13. The minimum absolute atomic E-state index is 0.486. The first-order chi connectivity index (χ1) is 7.40. The number of nitrogens with zero attached hydrogens (tertiary/aromatic N) is 1. The van der Waals surface area contributed by atoms with Crippen LogP contribution in [0.2, 0.25) is 0 Å². The van der Waals surface area contributed by atoms with Crippen molar-refractivity contribution in [3.63, 3.8) is 0 Å². The Morgan fingerprint density at radius 3 is 3.33 bits per heavy atom. The number of rotatable bonds is 4. The van der Waals surface area contributed by atoms with Crippen LogP contribution in [0.15, 0.2) is 5.38 Å². The highest BCUT2D eigenvalue weighted by Gasteiger charge is 2.17. The molecule has 1 unspecified atom stereocenters. The molecule has 0 bridgehead atoms. The highest BCUT2D eigenvalue weighted by atomic mass is 32.2. The molecule has 2 rings (SSSR count). The lowest BCUT2D eigenvalue weighted by Gasteiger charge is -2.21. The fraction of sp³-hybridized carbons (Fsp3) is 0.700. The lowest BCUT2D eigenvalue weighted by molar-refractivity contribution is 0.583. The molecular weight excluding hydrogens is 244 g/mol. The standard InChI is InChI=1S/C10H16N2S3/c1-2-13-7-10-12-9(6-15-10)8-5-14-4-3-11-8/h6,8,11H,2-5,7H2,1H3. The van der Waals surface area contributed by atoms with Crippen molar-refractivity contribution in [2.24, 2.45) is 0 Å². The zero-order valence-electron chi connectivity index (χ0n) is 8.86. The van der Waals surface area contributed by atoms with Crippen LogP contribution in [0.25, 0.3) is 0 Å². The number of nitrogens with one attached hydrogen (secondary N) is 1. The van der Waals surface area contributed by atoms with Gasteiger partial charge in [0.25, 0.3) is 0 Å². The van der Waals surface area contributed by atoms with Crippen LogP contribution in [0.5, 0.6) is 0 Å². The molecule has 0 aliphatic carbocycles. The van der Waals surface area contributed by atoms with Crippen molar-refractivity contribution in [3.05, 3.63) is 16.1 Å². The van der Waals surface area contributed by atoms with Crippen molar-refractivity contribution >= 4 is 34.9 Å². The normalized spacial score (nSPS) is 21.8. The Morgan fingerprint density at radius 2 is 2.60 bits per heavy atom. The van der Waals surface area contributed by atoms with E-state index in [1.807, 2.05) is 23.5 Å². The first-order valence-electron chi connectivity index (χ1n) is 5.23. The maximum Gasteiger partial charge on any atom is 0.103 e. The fourth-order valence-electron chi connectivity index (χ4n) is 1.50. The SMILES string of the molecule is CCSCc1nc(C2CSCCN2)cs1. The van der Waals surface area contributed by atoms with Gasteiger partial charge >= 0.3 is 0 Å². The van der Waals surface area contributed by atoms with E-state index >= 15 is 0 Å². The van der Waals surface area contributed by atoms with Gasteiger partial charge in [-0.25, -0.2) is 4.98 Å². The van der Waals surface area contributed by atoms with E-state index in [-0.39, 0.29) is 0 Å². The van der Waals surface area contributed by atoms with E-state index in [2.05, 4.69) is 17.6 Å². The van der Waals surface area contributed by atoms with Gasteiger partial charge in [-0.2, -0.15) is 23.5 Å². The summed E-state index contributed by atoms with van der Waals surface area (Å²) in [5.74, 6) is 4.65. The summed E-state index contributed by atoms with van der Waals surface area (Å²) in [6.45, 7) is 3.31. The van der Waals surface area contributed by atoms with E-state index in [4.69, 9.17) is 4.98 Å². The summed E-state index contributed by atoms with van der Waals surface area (Å²) in [7, 11) is 0. The van der Waals surface area contributed by atoms with E-state index in [0.717, 1.165) is 12.3 Å². The lowest BCUT2D eigenvalue weighted by atomic mass is 10.2. The highest BCUT2D eigenvalue weighted by Crippen LogP contribution is 2.24. The van der Waals surface area contributed by atoms with E-state index in [9.17, 15) is 0 Å². The summed E-state index contributed by atoms with van der Waals surface area (Å²) in [6.07, 6.45) is 0. The van der Waals surface area contributed by atoms with Gasteiger partial charge in [0.05, 0.1) is 11.7 Å². The van der Waals surface area contributed by atoms with E-state index in [1.54, 1.807) is 11.3 Å². The van der Waals surface area contributed by atoms with Gasteiger partial charge in [0.1, 0.15) is 5.01 Å². The molecule has 1 aliphatic heterocycles. The zero-order valence-corrected chi connectivity index (χ0v) is 11.3. The molecule has 84 valence electrons. The van der Waals surface area contributed by atoms with Gasteiger partial charge in [0, 0.05) is 29.2 Å². The average Bonchev–Trinajstić information content (AvgIpc) is 2.76. The summed E-state index contributed by atoms with van der Waals surface area (Å²) in [5.41, 5.74) is 1.25. The summed E-state index contributed by atoms with van der Waals surface area (Å²) < 4.78 is 0. The van der Waals surface area contributed by atoms with Gasteiger partial charge in [-0.1, -0.05) is 6.92 Å². The number of hydrogen-bond acceptors (Lipinski definition) is 5. The summed E-state index contributed by atoms with van der Waals surface area (Å²) in [4.78, 5) is 4.69. The molecule has 1 aromatic rings. The van der Waals surface area contributed by atoms with Crippen LogP contribution in [0.1, 0.15) is 23.7 Å². The van der Waals surface area contributed by atoms with Crippen molar-refractivity contribution < 1.29 is 0 Å². The van der Waals surface area contributed by atoms with Crippen molar-refractivity contribution in [2.45, 2.75) is 18.7 Å². The molecule has 1 atom stereocenters. The summed E-state index contributed by atoms with van der Waals surface area (Å²) in [5, 5.41) is 7.01. The van der Waals surface area contributed by atoms with Crippen molar-refractivity contribution in [3.8, 4) is 0 Å². The zero-order chi connectivity index (χ0) is 10.5. The number of thioether (sulfide) groups is 2. The van der Waals surface area contributed by atoms with Crippen LogP contribution < -0.4 is 5.32 Å². The van der Waals surface area contributed by atoms with Gasteiger partial charge in [-0.05, 0) is 5.75 Å². The predicted molar refractivity (Wildman–Crippen MR) is 72.0 cm³/mol. The van der Waals surface area contributed by atoms with Gasteiger partial charge in [-0.15, -0.1) is 11.3 Å². The van der Waals surface area contributed by atoms with Crippen molar-refractivity contribution in [2.75, 3.05) is 23.8 Å². The maximum absolute atomic E-state index is 4.69. The third-order valence-electron chi connectivity index (χ3n) is 2.28. The van der Waals surface area contributed by atoms with Gasteiger partial charge in [-0.3, -0.25) is 0 Å². The molecule has 0 saturated carbocycles. The Morgan fingerprint density at radius 1 is 1.67 bits per heavy atom. The Bertz CT molecular complexity index is 295. The van der Waals surface area contributed by atoms with Gasteiger partial charge < -0.3 is 5.32 Å². The Hall–Kier alpha value is 0.290. The monoisotopic (exact) mass is 260 g/mol. The molecule has 1 fully saturated rings. The van der Waals surface area contributed by atoms with Crippen LogP contribution in [0, 0.1) is 0 Å². The molecule has 2 nitrogen and oxygen atoms in total. The van der Waals surface area contributed by atoms with Gasteiger partial charge in [0.15, 0.2) is 0 Å². The predicted octanol–water partition coefficient (Wildman–Crippen LogP) is 2.77. The molecular formula is C10H16N2S3. The third kappa shape index (κ3) is 3.37. The highest BCUT2D eigenvalue weighted by molar-refractivity contribution is 7.99. The molecule has 5 heteroatoms. The van der Waals surface area contributed by atoms with Gasteiger partial charge in [0.2, 0.25) is 0 Å². The van der Waals surface area contributed by atoms with Crippen LogP contribution in [-0.2, 0) is 5.75 Å². The van der Waals surface area contributed by atoms with Crippen molar-refractivity contribution in [1.82, 2.24) is 10.3 Å². The topological polar surface area (TPSA) is 24.9 Å². The minimum atomic E-state index is 0.486. The third-order valence-corrected chi connectivity index (χ3v) is 5.28. The van der Waals surface area contributed by atoms with E-state index < -0.39 is 0 Å². The number of thiazole rings is 1. The molecule has 1 aromatic heterocycles. The number of hydrogen-bond donors (Lipinski definition) is 1. The first kappa shape index (κ1) is 11.8. The quantitative estimate of drug-likeness (QED) is 0.900. The van der Waals surface area contributed by atoms with Crippen LogP contribution in [-0.4, -0.2) is 28.8 Å². The smallest absolute Gasteiger partial charge is 0.103 e. The average molecular weight is 260 g/mol. The molecule has 0 radical (unpaired) electrons. The van der Waals surface area contributed by atoms with Crippen LogP contribution >= 0.6 is 34.9 Å². The molecule has 1 N–H and O–H groups in total. The van der Waals surface area contributed by atoms with Crippen LogP contribution in [0.3, 0.4) is 0 Å². The Kier molecular flexibility index (Phi) is 4.81. The van der Waals surface area contributed by atoms with E-state index in [1.165, 1.54) is 28.0 Å². The molecule has 1 saturated heterocycles.